The Morgan fingerprint density at radius 2 is 2.12 bits per heavy atom. The van der Waals surface area contributed by atoms with Gasteiger partial charge in [-0.3, -0.25) is 4.79 Å². The highest BCUT2D eigenvalue weighted by molar-refractivity contribution is 7.99. The molecule has 1 amide bonds. The quantitative estimate of drug-likeness (QED) is 0.502. The van der Waals surface area contributed by atoms with E-state index in [4.69, 9.17) is 9.15 Å². The molecule has 26 heavy (non-hydrogen) atoms. The molecule has 0 aliphatic carbocycles. The SMILES string of the molecule is COC(=O)c1ccccc1NC(=O)CSc1nncn1Cc1ccco1. The summed E-state index contributed by atoms with van der Waals surface area (Å²) in [5, 5.41) is 11.2. The largest absolute Gasteiger partial charge is 0.467 e. The molecule has 2 heterocycles. The van der Waals surface area contributed by atoms with Crippen LogP contribution in [0.15, 0.2) is 58.6 Å². The van der Waals surface area contributed by atoms with Crippen LogP contribution in [0.3, 0.4) is 0 Å². The number of amides is 1. The van der Waals surface area contributed by atoms with Crippen molar-refractivity contribution in [2.45, 2.75) is 11.7 Å². The second kappa shape index (κ2) is 8.34. The van der Waals surface area contributed by atoms with Gasteiger partial charge in [-0.05, 0) is 24.3 Å². The number of thioether (sulfide) groups is 1. The molecule has 0 fully saturated rings. The first kappa shape index (κ1) is 17.7. The molecule has 2 aromatic heterocycles. The number of benzene rings is 1. The molecule has 3 aromatic rings. The molecule has 0 saturated carbocycles. The predicted molar refractivity (Wildman–Crippen MR) is 95.0 cm³/mol. The van der Waals surface area contributed by atoms with Crippen LogP contribution >= 0.6 is 11.8 Å². The van der Waals surface area contributed by atoms with Crippen LogP contribution in [0.5, 0.6) is 0 Å². The zero-order valence-corrected chi connectivity index (χ0v) is 14.7. The molecule has 0 spiro atoms. The van der Waals surface area contributed by atoms with E-state index in [1.165, 1.54) is 18.9 Å². The van der Waals surface area contributed by atoms with Gasteiger partial charge in [-0.2, -0.15) is 0 Å². The Morgan fingerprint density at radius 3 is 2.88 bits per heavy atom. The molecule has 0 aliphatic heterocycles. The maximum Gasteiger partial charge on any atom is 0.339 e. The van der Waals surface area contributed by atoms with E-state index in [1.807, 2.05) is 6.07 Å². The molecule has 1 aromatic carbocycles. The summed E-state index contributed by atoms with van der Waals surface area (Å²) in [4.78, 5) is 24.0. The molecule has 9 heteroatoms. The highest BCUT2D eigenvalue weighted by Gasteiger charge is 2.14. The van der Waals surface area contributed by atoms with E-state index in [0.717, 1.165) is 5.76 Å². The number of anilines is 1. The van der Waals surface area contributed by atoms with Crippen LogP contribution in [0, 0.1) is 0 Å². The molecule has 8 nitrogen and oxygen atoms in total. The van der Waals surface area contributed by atoms with Crippen molar-refractivity contribution < 1.29 is 18.7 Å². The summed E-state index contributed by atoms with van der Waals surface area (Å²) in [6.07, 6.45) is 3.17. The second-order valence-corrected chi connectivity index (χ2v) is 6.14. The van der Waals surface area contributed by atoms with Crippen molar-refractivity contribution in [2.75, 3.05) is 18.2 Å². The van der Waals surface area contributed by atoms with Crippen LogP contribution < -0.4 is 5.32 Å². The van der Waals surface area contributed by atoms with Gasteiger partial charge in [0.05, 0.1) is 36.9 Å². The van der Waals surface area contributed by atoms with Crippen molar-refractivity contribution in [3.8, 4) is 0 Å². The van der Waals surface area contributed by atoms with Crippen molar-refractivity contribution >= 4 is 29.3 Å². The highest BCUT2D eigenvalue weighted by atomic mass is 32.2. The summed E-state index contributed by atoms with van der Waals surface area (Å²) in [6, 6.07) is 10.3. The molecule has 0 atom stereocenters. The average Bonchev–Trinajstić information content (AvgIpc) is 3.32. The van der Waals surface area contributed by atoms with Crippen LogP contribution in [0.2, 0.25) is 0 Å². The zero-order chi connectivity index (χ0) is 18.4. The molecule has 3 rings (SSSR count). The van der Waals surface area contributed by atoms with Crippen LogP contribution in [0.4, 0.5) is 5.69 Å². The first-order valence-corrected chi connectivity index (χ1v) is 8.66. The third-order valence-corrected chi connectivity index (χ3v) is 4.41. The topological polar surface area (TPSA) is 99.2 Å². The molecular weight excluding hydrogens is 356 g/mol. The highest BCUT2D eigenvalue weighted by Crippen LogP contribution is 2.19. The number of methoxy groups -OCH3 is 1. The minimum Gasteiger partial charge on any atom is -0.467 e. The van der Waals surface area contributed by atoms with Crippen molar-refractivity contribution in [3.05, 3.63) is 60.3 Å². The lowest BCUT2D eigenvalue weighted by molar-refractivity contribution is -0.113. The van der Waals surface area contributed by atoms with Gasteiger partial charge in [0.25, 0.3) is 0 Å². The van der Waals surface area contributed by atoms with Crippen molar-refractivity contribution in [2.24, 2.45) is 0 Å². The molecule has 0 aliphatic rings. The number of carbonyl (C=O) groups excluding carboxylic acids is 2. The lowest BCUT2D eigenvalue weighted by Crippen LogP contribution is -2.17. The normalized spacial score (nSPS) is 10.5. The lowest BCUT2D eigenvalue weighted by atomic mass is 10.2. The predicted octanol–water partition coefficient (Wildman–Crippen LogP) is 2.44. The number of nitrogens with zero attached hydrogens (tertiary/aromatic N) is 3. The van der Waals surface area contributed by atoms with Gasteiger partial charge in [0, 0.05) is 0 Å². The van der Waals surface area contributed by atoms with Gasteiger partial charge in [0.2, 0.25) is 5.91 Å². The van der Waals surface area contributed by atoms with E-state index in [9.17, 15) is 9.59 Å². The van der Waals surface area contributed by atoms with Crippen LogP contribution in [-0.2, 0) is 16.1 Å². The lowest BCUT2D eigenvalue weighted by Gasteiger charge is -2.09. The fourth-order valence-electron chi connectivity index (χ4n) is 2.23. The number of rotatable bonds is 7. The van der Waals surface area contributed by atoms with E-state index < -0.39 is 5.97 Å². The maximum atomic E-state index is 12.2. The second-order valence-electron chi connectivity index (χ2n) is 5.19. The molecule has 134 valence electrons. The van der Waals surface area contributed by atoms with Gasteiger partial charge < -0.3 is 19.0 Å². The third kappa shape index (κ3) is 4.31. The van der Waals surface area contributed by atoms with Crippen LogP contribution in [-0.4, -0.2) is 39.5 Å². The summed E-state index contributed by atoms with van der Waals surface area (Å²) in [5.74, 6) is 0.112. The van der Waals surface area contributed by atoms with Crippen LogP contribution in [0.25, 0.3) is 0 Å². The third-order valence-electron chi connectivity index (χ3n) is 3.43. The van der Waals surface area contributed by atoms with Gasteiger partial charge in [-0.1, -0.05) is 23.9 Å². The molecular formula is C17H16N4O4S. The Morgan fingerprint density at radius 1 is 1.27 bits per heavy atom. The van der Waals surface area contributed by atoms with E-state index >= 15 is 0 Å². The van der Waals surface area contributed by atoms with E-state index in [-0.39, 0.29) is 11.7 Å². The Hall–Kier alpha value is -3.07. The summed E-state index contributed by atoms with van der Waals surface area (Å²) in [5.41, 5.74) is 0.705. The van der Waals surface area contributed by atoms with Crippen molar-refractivity contribution in [1.82, 2.24) is 14.8 Å². The van der Waals surface area contributed by atoms with Gasteiger partial charge >= 0.3 is 5.97 Å². The minimum absolute atomic E-state index is 0.117. The Labute approximate surface area is 153 Å². The number of hydrogen-bond acceptors (Lipinski definition) is 7. The number of ether oxygens (including phenoxy) is 1. The minimum atomic E-state index is -0.508. The van der Waals surface area contributed by atoms with E-state index in [0.29, 0.717) is 23.0 Å². The standard InChI is InChI=1S/C17H16N4O4S/c1-24-16(23)13-6-2-3-7-14(13)19-15(22)10-26-17-20-18-11-21(17)9-12-5-4-8-25-12/h2-8,11H,9-10H2,1H3,(H,19,22). The fourth-order valence-corrected chi connectivity index (χ4v) is 2.95. The average molecular weight is 372 g/mol. The number of para-hydroxylation sites is 1. The smallest absolute Gasteiger partial charge is 0.339 e. The maximum absolute atomic E-state index is 12.2. The molecule has 0 saturated heterocycles. The van der Waals surface area contributed by atoms with E-state index in [2.05, 4.69) is 15.5 Å². The molecule has 0 unspecified atom stereocenters. The first-order chi connectivity index (χ1) is 12.7. The number of hydrogen-bond donors (Lipinski definition) is 1. The number of nitrogens with one attached hydrogen (secondary N) is 1. The Kier molecular flexibility index (Phi) is 5.69. The molecule has 0 bridgehead atoms. The summed E-state index contributed by atoms with van der Waals surface area (Å²) >= 11 is 1.24. The number of aromatic nitrogens is 3. The summed E-state index contributed by atoms with van der Waals surface area (Å²) in [6.45, 7) is 0.481. The number of carbonyl (C=O) groups is 2. The molecule has 0 radical (unpaired) electrons. The zero-order valence-electron chi connectivity index (χ0n) is 13.9. The molecule has 1 N–H and O–H groups in total. The number of esters is 1. The number of furan rings is 1. The van der Waals surface area contributed by atoms with Gasteiger partial charge in [0.15, 0.2) is 5.16 Å². The fraction of sp³-hybridized carbons (Fsp3) is 0.176. The first-order valence-electron chi connectivity index (χ1n) is 7.67. The summed E-state index contributed by atoms with van der Waals surface area (Å²) in [7, 11) is 1.29. The monoisotopic (exact) mass is 372 g/mol. The Balaban J connectivity index is 1.60. The van der Waals surface area contributed by atoms with Crippen LogP contribution in [0.1, 0.15) is 16.1 Å². The van der Waals surface area contributed by atoms with Crippen molar-refractivity contribution in [3.63, 3.8) is 0 Å². The van der Waals surface area contributed by atoms with Crippen molar-refractivity contribution in [1.29, 1.82) is 0 Å². The van der Waals surface area contributed by atoms with Gasteiger partial charge in [0.1, 0.15) is 12.1 Å². The van der Waals surface area contributed by atoms with E-state index in [1.54, 1.807) is 47.5 Å². The van der Waals surface area contributed by atoms with Gasteiger partial charge in [-0.15, -0.1) is 10.2 Å². The Bertz CT molecular complexity index is 892. The summed E-state index contributed by atoms with van der Waals surface area (Å²) < 4.78 is 11.8. The van der Waals surface area contributed by atoms with Gasteiger partial charge in [-0.25, -0.2) is 4.79 Å².